The molecule has 156 valence electrons. The van der Waals surface area contributed by atoms with Gasteiger partial charge in [0.05, 0.1) is 6.10 Å². The maximum absolute atomic E-state index is 12.0. The van der Waals surface area contributed by atoms with E-state index in [0.717, 1.165) is 50.4 Å². The molecule has 1 saturated heterocycles. The Morgan fingerprint density at radius 2 is 1.62 bits per heavy atom. The topological polar surface area (TPSA) is 67.8 Å². The van der Waals surface area contributed by atoms with E-state index in [9.17, 15) is 9.90 Å². The molecule has 3 N–H and O–H groups in total. The van der Waals surface area contributed by atoms with E-state index in [-0.39, 0.29) is 12.6 Å². The van der Waals surface area contributed by atoms with Crippen LogP contribution in [0.5, 0.6) is 0 Å². The van der Waals surface area contributed by atoms with E-state index in [0.29, 0.717) is 6.54 Å². The molecular formula is C23H32N4O2. The lowest BCUT2D eigenvalue weighted by molar-refractivity contribution is 0.128. The summed E-state index contributed by atoms with van der Waals surface area (Å²) in [5.41, 5.74) is 3.31. The fourth-order valence-electron chi connectivity index (χ4n) is 3.50. The van der Waals surface area contributed by atoms with Crippen molar-refractivity contribution in [3.05, 3.63) is 71.3 Å². The number of aliphatic hydroxyl groups is 1. The van der Waals surface area contributed by atoms with E-state index in [1.54, 1.807) is 0 Å². The molecule has 1 aliphatic rings. The van der Waals surface area contributed by atoms with Gasteiger partial charge in [-0.15, -0.1) is 0 Å². The van der Waals surface area contributed by atoms with Crippen LogP contribution in [-0.2, 0) is 6.54 Å². The number of nitrogens with one attached hydrogen (secondary N) is 2. The second-order valence-electron chi connectivity index (χ2n) is 7.67. The molecule has 0 saturated carbocycles. The number of rotatable bonds is 8. The smallest absolute Gasteiger partial charge is 0.314 e. The molecule has 6 nitrogen and oxygen atoms in total. The molecule has 0 aromatic heterocycles. The first-order chi connectivity index (χ1) is 14.1. The van der Waals surface area contributed by atoms with Gasteiger partial charge in [0.1, 0.15) is 0 Å². The highest BCUT2D eigenvalue weighted by Crippen LogP contribution is 2.12. The standard InChI is InChI=1S/C23H32N4O2/c1-19-7-9-21(10-8-19)22(28)17-25-23(29)24-11-12-26-13-15-27(16-14-26)18-20-5-3-2-4-6-20/h2-10,22,28H,11-18H2,1H3,(H2,24,25,29). The molecule has 2 aromatic rings. The third-order valence-corrected chi connectivity index (χ3v) is 5.35. The summed E-state index contributed by atoms with van der Waals surface area (Å²) in [7, 11) is 0. The van der Waals surface area contributed by atoms with E-state index in [1.165, 1.54) is 5.56 Å². The van der Waals surface area contributed by atoms with Crippen LogP contribution < -0.4 is 10.6 Å². The number of aryl methyl sites for hydroxylation is 1. The summed E-state index contributed by atoms with van der Waals surface area (Å²) in [5.74, 6) is 0. The van der Waals surface area contributed by atoms with Crippen LogP contribution in [0.3, 0.4) is 0 Å². The monoisotopic (exact) mass is 396 g/mol. The van der Waals surface area contributed by atoms with Crippen molar-refractivity contribution < 1.29 is 9.90 Å². The predicted octanol–water partition coefficient (Wildman–Crippen LogP) is 2.15. The van der Waals surface area contributed by atoms with Crippen LogP contribution in [0.1, 0.15) is 22.8 Å². The minimum Gasteiger partial charge on any atom is -0.387 e. The van der Waals surface area contributed by atoms with Crippen molar-refractivity contribution in [2.24, 2.45) is 0 Å². The van der Waals surface area contributed by atoms with E-state index in [4.69, 9.17) is 0 Å². The van der Waals surface area contributed by atoms with Crippen LogP contribution >= 0.6 is 0 Å². The number of nitrogens with zero attached hydrogens (tertiary/aromatic N) is 2. The van der Waals surface area contributed by atoms with Gasteiger partial charge in [-0.3, -0.25) is 9.80 Å². The maximum atomic E-state index is 12.0. The van der Waals surface area contributed by atoms with Gasteiger partial charge >= 0.3 is 6.03 Å². The summed E-state index contributed by atoms with van der Waals surface area (Å²) >= 11 is 0. The van der Waals surface area contributed by atoms with Gasteiger partial charge in [0.25, 0.3) is 0 Å². The zero-order chi connectivity index (χ0) is 20.5. The Hall–Kier alpha value is -2.41. The fraction of sp³-hybridized carbons (Fsp3) is 0.435. The first-order valence-electron chi connectivity index (χ1n) is 10.3. The molecule has 1 unspecified atom stereocenters. The summed E-state index contributed by atoms with van der Waals surface area (Å²) < 4.78 is 0. The van der Waals surface area contributed by atoms with Crippen molar-refractivity contribution >= 4 is 6.03 Å². The normalized spacial score (nSPS) is 16.3. The molecule has 2 aromatic carbocycles. The lowest BCUT2D eigenvalue weighted by atomic mass is 10.1. The van der Waals surface area contributed by atoms with Crippen LogP contribution in [0, 0.1) is 6.92 Å². The number of hydrogen-bond donors (Lipinski definition) is 3. The molecule has 0 aliphatic carbocycles. The van der Waals surface area contributed by atoms with Crippen LogP contribution in [0.4, 0.5) is 4.79 Å². The number of aliphatic hydroxyl groups excluding tert-OH is 1. The van der Waals surface area contributed by atoms with Crippen molar-refractivity contribution in [3.63, 3.8) is 0 Å². The molecule has 1 atom stereocenters. The van der Waals surface area contributed by atoms with Gasteiger partial charge in [-0.2, -0.15) is 0 Å². The average molecular weight is 397 g/mol. The number of benzene rings is 2. The highest BCUT2D eigenvalue weighted by molar-refractivity contribution is 5.73. The second-order valence-corrected chi connectivity index (χ2v) is 7.67. The quantitative estimate of drug-likeness (QED) is 0.640. The van der Waals surface area contributed by atoms with E-state index >= 15 is 0 Å². The van der Waals surface area contributed by atoms with E-state index in [1.807, 2.05) is 37.3 Å². The Kier molecular flexibility index (Phi) is 8.04. The molecule has 0 radical (unpaired) electrons. The van der Waals surface area contributed by atoms with Gasteiger partial charge in [-0.1, -0.05) is 60.2 Å². The van der Waals surface area contributed by atoms with Crippen molar-refractivity contribution in [1.29, 1.82) is 0 Å². The SMILES string of the molecule is Cc1ccc(C(O)CNC(=O)NCCN2CCN(Cc3ccccc3)CC2)cc1. The van der Waals surface area contributed by atoms with Crippen LogP contribution in [0.2, 0.25) is 0 Å². The van der Waals surface area contributed by atoms with Crippen LogP contribution in [-0.4, -0.2) is 66.8 Å². The molecule has 1 fully saturated rings. The van der Waals surface area contributed by atoms with Gasteiger partial charge in [0.2, 0.25) is 0 Å². The third kappa shape index (κ3) is 7.16. The summed E-state index contributed by atoms with van der Waals surface area (Å²) in [6.07, 6.45) is -0.695. The van der Waals surface area contributed by atoms with E-state index in [2.05, 4.69) is 44.7 Å². The lowest BCUT2D eigenvalue weighted by Gasteiger charge is -2.34. The number of piperazine rings is 1. The second kappa shape index (κ2) is 11.0. The molecule has 29 heavy (non-hydrogen) atoms. The Balaban J connectivity index is 1.27. The number of hydrogen-bond acceptors (Lipinski definition) is 4. The fourth-order valence-corrected chi connectivity index (χ4v) is 3.50. The highest BCUT2D eigenvalue weighted by Gasteiger charge is 2.17. The van der Waals surface area contributed by atoms with Gasteiger partial charge in [0, 0.05) is 52.4 Å². The minimum absolute atomic E-state index is 0.201. The van der Waals surface area contributed by atoms with Crippen molar-refractivity contribution in [1.82, 2.24) is 20.4 Å². The largest absolute Gasteiger partial charge is 0.387 e. The van der Waals surface area contributed by atoms with Gasteiger partial charge < -0.3 is 15.7 Å². The Morgan fingerprint density at radius 1 is 0.966 bits per heavy atom. The first kappa shape index (κ1) is 21.3. The average Bonchev–Trinajstić information content (AvgIpc) is 2.74. The lowest BCUT2D eigenvalue weighted by Crippen LogP contribution is -2.48. The molecule has 3 rings (SSSR count). The Morgan fingerprint density at radius 3 is 2.31 bits per heavy atom. The molecule has 1 heterocycles. The summed E-state index contributed by atoms with van der Waals surface area (Å²) in [6, 6.07) is 18.0. The Labute approximate surface area is 173 Å². The van der Waals surface area contributed by atoms with Crippen LogP contribution in [0.15, 0.2) is 54.6 Å². The van der Waals surface area contributed by atoms with Crippen molar-refractivity contribution in [3.8, 4) is 0 Å². The zero-order valence-electron chi connectivity index (χ0n) is 17.2. The molecule has 6 heteroatoms. The van der Waals surface area contributed by atoms with Gasteiger partial charge in [0.15, 0.2) is 0 Å². The molecule has 1 aliphatic heterocycles. The number of carbonyl (C=O) groups excluding carboxylic acids is 1. The minimum atomic E-state index is -0.695. The predicted molar refractivity (Wildman–Crippen MR) is 116 cm³/mol. The zero-order valence-corrected chi connectivity index (χ0v) is 17.2. The summed E-state index contributed by atoms with van der Waals surface area (Å²) in [6.45, 7) is 8.77. The maximum Gasteiger partial charge on any atom is 0.314 e. The molecule has 2 amide bonds. The molecule has 0 bridgehead atoms. The number of carbonyl (C=O) groups is 1. The molecule has 0 spiro atoms. The van der Waals surface area contributed by atoms with Crippen LogP contribution in [0.25, 0.3) is 0 Å². The molecular weight excluding hydrogens is 364 g/mol. The number of amides is 2. The Bertz CT molecular complexity index is 743. The van der Waals surface area contributed by atoms with Gasteiger partial charge in [-0.25, -0.2) is 4.79 Å². The van der Waals surface area contributed by atoms with Crippen molar-refractivity contribution in [2.75, 3.05) is 45.8 Å². The van der Waals surface area contributed by atoms with Crippen molar-refractivity contribution in [2.45, 2.75) is 19.6 Å². The van der Waals surface area contributed by atoms with Gasteiger partial charge in [-0.05, 0) is 18.1 Å². The van der Waals surface area contributed by atoms with E-state index < -0.39 is 6.10 Å². The third-order valence-electron chi connectivity index (χ3n) is 5.35. The highest BCUT2D eigenvalue weighted by atomic mass is 16.3. The summed E-state index contributed by atoms with van der Waals surface area (Å²) in [4.78, 5) is 16.8. The number of urea groups is 1. The first-order valence-corrected chi connectivity index (χ1v) is 10.3. The summed E-state index contributed by atoms with van der Waals surface area (Å²) in [5, 5.41) is 15.8.